The lowest BCUT2D eigenvalue weighted by molar-refractivity contribution is 0.0960. The average Bonchev–Trinajstić information content (AvgIpc) is 2.46. The van der Waals surface area contributed by atoms with Crippen LogP contribution in [0.2, 0.25) is 0 Å². The van der Waals surface area contributed by atoms with E-state index in [2.05, 4.69) is 18.7 Å². The van der Waals surface area contributed by atoms with E-state index in [1.54, 1.807) is 12.1 Å². The standard InChI is InChI=1S/C17H25NO2/c1-14-6-3-7-15(2)18(14)10-5-11-20-17-9-4-8-16(12-17)13-19/h4,8-9,12-15H,3,5-7,10-11H2,1-2H3/t14-,15+. The monoisotopic (exact) mass is 275 g/mol. The minimum atomic E-state index is 0.667. The topological polar surface area (TPSA) is 29.5 Å². The molecule has 0 amide bonds. The largest absolute Gasteiger partial charge is 0.494 e. The van der Waals surface area contributed by atoms with Crippen LogP contribution in [0.4, 0.5) is 0 Å². The number of piperidine rings is 1. The molecule has 0 spiro atoms. The summed E-state index contributed by atoms with van der Waals surface area (Å²) in [6.45, 7) is 6.45. The van der Waals surface area contributed by atoms with Gasteiger partial charge < -0.3 is 4.74 Å². The summed E-state index contributed by atoms with van der Waals surface area (Å²) in [6.07, 6.45) is 5.86. The molecule has 1 aromatic rings. The summed E-state index contributed by atoms with van der Waals surface area (Å²) in [5, 5.41) is 0. The smallest absolute Gasteiger partial charge is 0.150 e. The van der Waals surface area contributed by atoms with E-state index in [1.165, 1.54) is 19.3 Å². The number of carbonyl (C=O) groups excluding carboxylic acids is 1. The van der Waals surface area contributed by atoms with E-state index in [0.29, 0.717) is 24.3 Å². The predicted octanol–water partition coefficient (Wildman–Crippen LogP) is 3.53. The van der Waals surface area contributed by atoms with E-state index >= 15 is 0 Å². The fourth-order valence-corrected chi connectivity index (χ4v) is 3.03. The SMILES string of the molecule is C[C@@H]1CCC[C@H](C)N1CCCOc1cccc(C=O)c1. The van der Waals surface area contributed by atoms with Gasteiger partial charge in [0.1, 0.15) is 12.0 Å². The number of ether oxygens (including phenoxy) is 1. The van der Waals surface area contributed by atoms with Gasteiger partial charge in [-0.15, -0.1) is 0 Å². The van der Waals surface area contributed by atoms with E-state index in [-0.39, 0.29) is 0 Å². The Kier molecular flexibility index (Phi) is 5.60. The van der Waals surface area contributed by atoms with Crippen LogP contribution < -0.4 is 4.74 Å². The van der Waals surface area contributed by atoms with Crippen LogP contribution in [-0.2, 0) is 0 Å². The highest BCUT2D eigenvalue weighted by Gasteiger charge is 2.23. The lowest BCUT2D eigenvalue weighted by Gasteiger charge is -2.39. The van der Waals surface area contributed by atoms with Gasteiger partial charge in [-0.05, 0) is 45.2 Å². The second-order valence-corrected chi connectivity index (χ2v) is 5.76. The summed E-state index contributed by atoms with van der Waals surface area (Å²) in [4.78, 5) is 13.3. The zero-order chi connectivity index (χ0) is 14.4. The first-order valence-corrected chi connectivity index (χ1v) is 7.64. The Hall–Kier alpha value is -1.35. The van der Waals surface area contributed by atoms with Gasteiger partial charge in [0.15, 0.2) is 0 Å². The Bertz CT molecular complexity index is 423. The van der Waals surface area contributed by atoms with Crippen molar-refractivity contribution >= 4 is 6.29 Å². The van der Waals surface area contributed by atoms with Gasteiger partial charge in [0.05, 0.1) is 6.61 Å². The van der Waals surface area contributed by atoms with Gasteiger partial charge in [0, 0.05) is 24.2 Å². The van der Waals surface area contributed by atoms with Crippen LogP contribution in [0.1, 0.15) is 49.9 Å². The maximum atomic E-state index is 10.7. The van der Waals surface area contributed by atoms with Gasteiger partial charge in [-0.25, -0.2) is 0 Å². The quantitative estimate of drug-likeness (QED) is 0.587. The second-order valence-electron chi connectivity index (χ2n) is 5.76. The Labute approximate surface area is 121 Å². The molecular formula is C17H25NO2. The van der Waals surface area contributed by atoms with Crippen LogP contribution in [-0.4, -0.2) is 36.4 Å². The first-order valence-electron chi connectivity index (χ1n) is 7.64. The second kappa shape index (κ2) is 7.44. The molecule has 20 heavy (non-hydrogen) atoms. The van der Waals surface area contributed by atoms with Crippen LogP contribution in [0.15, 0.2) is 24.3 Å². The molecule has 1 fully saturated rings. The number of rotatable bonds is 6. The molecular weight excluding hydrogens is 250 g/mol. The third-order valence-electron chi connectivity index (χ3n) is 4.20. The van der Waals surface area contributed by atoms with Crippen molar-refractivity contribution in [2.45, 2.75) is 51.6 Å². The van der Waals surface area contributed by atoms with Crippen LogP contribution in [0.5, 0.6) is 5.75 Å². The molecule has 0 N–H and O–H groups in total. The summed E-state index contributed by atoms with van der Waals surface area (Å²) in [6, 6.07) is 8.72. The van der Waals surface area contributed by atoms with Gasteiger partial charge in [0.2, 0.25) is 0 Å². The van der Waals surface area contributed by atoms with Crippen LogP contribution in [0.3, 0.4) is 0 Å². The van der Waals surface area contributed by atoms with Crippen molar-refractivity contribution in [3.05, 3.63) is 29.8 Å². The third kappa shape index (κ3) is 4.07. The molecule has 2 rings (SSSR count). The van der Waals surface area contributed by atoms with Crippen molar-refractivity contribution in [3.63, 3.8) is 0 Å². The first-order chi connectivity index (χ1) is 9.70. The average molecular weight is 275 g/mol. The van der Waals surface area contributed by atoms with Gasteiger partial charge in [0.25, 0.3) is 0 Å². The number of hydrogen-bond donors (Lipinski definition) is 0. The molecule has 0 aromatic heterocycles. The highest BCUT2D eigenvalue weighted by molar-refractivity contribution is 5.75. The lowest BCUT2D eigenvalue weighted by atomic mass is 9.97. The Morgan fingerprint density at radius 2 is 2.05 bits per heavy atom. The molecule has 2 atom stereocenters. The van der Waals surface area contributed by atoms with Crippen molar-refractivity contribution in [2.24, 2.45) is 0 Å². The van der Waals surface area contributed by atoms with Crippen molar-refractivity contribution in [2.75, 3.05) is 13.2 Å². The fourth-order valence-electron chi connectivity index (χ4n) is 3.03. The molecule has 110 valence electrons. The van der Waals surface area contributed by atoms with Gasteiger partial charge in [-0.1, -0.05) is 18.6 Å². The fraction of sp³-hybridized carbons (Fsp3) is 0.588. The van der Waals surface area contributed by atoms with E-state index < -0.39 is 0 Å². The van der Waals surface area contributed by atoms with Crippen molar-refractivity contribution in [1.29, 1.82) is 0 Å². The minimum absolute atomic E-state index is 0.667. The molecule has 1 aromatic carbocycles. The summed E-state index contributed by atoms with van der Waals surface area (Å²) < 4.78 is 5.72. The molecule has 0 unspecified atom stereocenters. The van der Waals surface area contributed by atoms with E-state index in [4.69, 9.17) is 4.74 Å². The number of aldehydes is 1. The normalized spacial score (nSPS) is 23.5. The summed E-state index contributed by atoms with van der Waals surface area (Å²) in [5.74, 6) is 0.786. The molecule has 0 saturated carbocycles. The summed E-state index contributed by atoms with van der Waals surface area (Å²) >= 11 is 0. The van der Waals surface area contributed by atoms with Gasteiger partial charge in [-0.2, -0.15) is 0 Å². The third-order valence-corrected chi connectivity index (χ3v) is 4.20. The van der Waals surface area contributed by atoms with Gasteiger partial charge in [-0.3, -0.25) is 9.69 Å². The molecule has 0 bridgehead atoms. The molecule has 1 saturated heterocycles. The summed E-state index contributed by atoms with van der Waals surface area (Å²) in [7, 11) is 0. The predicted molar refractivity (Wildman–Crippen MR) is 81.4 cm³/mol. The molecule has 0 radical (unpaired) electrons. The van der Waals surface area contributed by atoms with E-state index in [9.17, 15) is 4.79 Å². The molecule has 1 heterocycles. The Balaban J connectivity index is 1.74. The number of carbonyl (C=O) groups is 1. The van der Waals surface area contributed by atoms with Crippen LogP contribution in [0, 0.1) is 0 Å². The van der Waals surface area contributed by atoms with Gasteiger partial charge >= 0.3 is 0 Å². The van der Waals surface area contributed by atoms with Crippen LogP contribution in [0.25, 0.3) is 0 Å². The minimum Gasteiger partial charge on any atom is -0.494 e. The number of hydrogen-bond acceptors (Lipinski definition) is 3. The molecule has 1 aliphatic rings. The number of nitrogens with zero attached hydrogens (tertiary/aromatic N) is 1. The maximum absolute atomic E-state index is 10.7. The zero-order valence-electron chi connectivity index (χ0n) is 12.5. The first kappa shape index (κ1) is 15.0. The molecule has 0 aliphatic carbocycles. The Morgan fingerprint density at radius 3 is 2.75 bits per heavy atom. The van der Waals surface area contributed by atoms with Crippen molar-refractivity contribution in [1.82, 2.24) is 4.90 Å². The molecule has 3 heteroatoms. The van der Waals surface area contributed by atoms with Crippen molar-refractivity contribution < 1.29 is 9.53 Å². The number of benzene rings is 1. The van der Waals surface area contributed by atoms with E-state index in [0.717, 1.165) is 25.0 Å². The summed E-state index contributed by atoms with van der Waals surface area (Å²) in [5.41, 5.74) is 0.667. The van der Waals surface area contributed by atoms with Crippen LogP contribution >= 0.6 is 0 Å². The maximum Gasteiger partial charge on any atom is 0.150 e. The van der Waals surface area contributed by atoms with Crippen molar-refractivity contribution in [3.8, 4) is 5.75 Å². The lowest BCUT2D eigenvalue weighted by Crippen LogP contribution is -2.44. The molecule has 3 nitrogen and oxygen atoms in total. The highest BCUT2D eigenvalue weighted by atomic mass is 16.5. The Morgan fingerprint density at radius 1 is 1.30 bits per heavy atom. The number of likely N-dealkylation sites (tertiary alicyclic amines) is 1. The highest BCUT2D eigenvalue weighted by Crippen LogP contribution is 2.22. The zero-order valence-corrected chi connectivity index (χ0v) is 12.5. The van der Waals surface area contributed by atoms with E-state index in [1.807, 2.05) is 12.1 Å². The molecule has 1 aliphatic heterocycles.